The van der Waals surface area contributed by atoms with Crippen molar-refractivity contribution in [3.63, 3.8) is 0 Å². The summed E-state index contributed by atoms with van der Waals surface area (Å²) in [6, 6.07) is 94.4. The molecule has 0 saturated heterocycles. The van der Waals surface area contributed by atoms with Gasteiger partial charge >= 0.3 is 0 Å². The lowest BCUT2D eigenvalue weighted by Gasteiger charge is -2.25. The van der Waals surface area contributed by atoms with E-state index in [-0.39, 0.29) is 6.54 Å². The highest BCUT2D eigenvalue weighted by molar-refractivity contribution is 5.99. The lowest BCUT2D eigenvalue weighted by Crippen LogP contribution is -2.34. The molecular formula is C111H127F5N6O10. The van der Waals surface area contributed by atoms with Gasteiger partial charge in [-0.2, -0.15) is 0 Å². The summed E-state index contributed by atoms with van der Waals surface area (Å²) in [4.78, 5) is 72.7. The van der Waals surface area contributed by atoms with Crippen molar-refractivity contribution in [3.05, 3.63) is 327 Å². The molecule has 5 amide bonds. The van der Waals surface area contributed by atoms with Crippen molar-refractivity contribution in [2.24, 2.45) is 5.92 Å². The summed E-state index contributed by atoms with van der Waals surface area (Å²) in [5.74, 6) is 3.66. The van der Waals surface area contributed by atoms with Crippen LogP contribution in [0.25, 0.3) is 10.9 Å². The number of hydrogen-bond acceptors (Lipinski definition) is 11. The first-order valence-corrected chi connectivity index (χ1v) is 45.9. The summed E-state index contributed by atoms with van der Waals surface area (Å²) in [5.41, 5.74) is 5.71. The molecule has 11 aromatic carbocycles. The van der Waals surface area contributed by atoms with Crippen molar-refractivity contribution < 1.29 is 69.6 Å². The normalized spacial score (nSPS) is 10.8. The predicted octanol–water partition coefficient (Wildman–Crippen LogP) is 29.3. The molecule has 0 aliphatic heterocycles. The number of ether oxygens (including phenoxy) is 5. The van der Waals surface area contributed by atoms with Crippen LogP contribution in [0.2, 0.25) is 0 Å². The zero-order valence-corrected chi connectivity index (χ0v) is 77.1. The van der Waals surface area contributed by atoms with Crippen LogP contribution in [0.4, 0.5) is 50.4 Å². The van der Waals surface area contributed by atoms with Crippen LogP contribution in [0, 0.1) is 5.92 Å². The molecule has 132 heavy (non-hydrogen) atoms. The highest BCUT2D eigenvalue weighted by Gasteiger charge is 2.26. The molecule has 0 radical (unpaired) electrons. The maximum atomic E-state index is 13.4. The van der Waals surface area contributed by atoms with E-state index in [1.165, 1.54) is 81.4 Å². The van der Waals surface area contributed by atoms with E-state index in [9.17, 15) is 45.9 Å². The number of rotatable bonds is 46. The number of fused-ring (bicyclic) bond motifs is 1. The number of carbonyl (C=O) groups excluding carboxylic acids is 5. The average Bonchev–Trinajstić information content (AvgIpc) is 0.806. The fourth-order valence-electron chi connectivity index (χ4n) is 14.3. The summed E-state index contributed by atoms with van der Waals surface area (Å²) in [5, 5.41) is 1.01. The van der Waals surface area contributed by atoms with Crippen molar-refractivity contribution in [3.8, 4) is 57.5 Å². The molecule has 12 aromatic rings. The topological polar surface area (TPSA) is 161 Å². The van der Waals surface area contributed by atoms with Crippen LogP contribution in [-0.4, -0.2) is 94.1 Å². The van der Waals surface area contributed by atoms with Crippen molar-refractivity contribution in [2.75, 3.05) is 84.1 Å². The number of allylic oxidation sites excluding steroid dienone is 2. The molecule has 1 heterocycles. The van der Waals surface area contributed by atoms with E-state index in [1.54, 1.807) is 67.6 Å². The number of anilines is 5. The molecular weight excluding hydrogens is 1670 g/mol. The van der Waals surface area contributed by atoms with Gasteiger partial charge in [0, 0.05) is 31.6 Å². The molecule has 16 nitrogen and oxygen atoms in total. The average molecular weight is 1800 g/mol. The van der Waals surface area contributed by atoms with E-state index < -0.39 is 62.9 Å². The standard InChI is InChI=1S/C27H38FNO2.C24H19FN2O2.C24H30FNO2.C20H24FNO2.C16H16FNO2/c1-2-3-4-5-6-7-8-9-10-11-17-22-29(27(30)23-28)25-20-15-16-21-26(25)31-24-18-13-12-14-19-24;25-16-24(28)27(17-19-15-14-18-8-4-5-11-21(18)26-19)22-12-6-7-13-23(22)29-20-9-2-1-3-10-20;1-19(2)10-9-11-20(3)16-17-26(24(27)18-25)22-14-7-8-15-23(22)28-21-12-5-4-6-13-21;1-2-3-4-10-15-22(20(23)16-21)18-13-8-9-14-19(18)24-17-11-6-5-7-12-17;1-2-18(16(19)12-17)14-10-6-7-11-15(14)20-13-8-4-3-5-9-13/h12-16,18-21H,2-11,17,22-23H2,1H3;1-15H,16-17H2;4-8,10,12-15,20H,9,11,16-18H2,1-3H3;5-9,11-14H,2-4,10,15-16H2,1H3;3-11H,2,12H2,1H3/t;;20-;;/m..0../s1. The van der Waals surface area contributed by atoms with Crippen LogP contribution < -0.4 is 48.2 Å². The number of hydrogen-bond donors (Lipinski definition) is 0. The zero-order valence-electron chi connectivity index (χ0n) is 77.1. The smallest absolute Gasteiger partial charge is 0.258 e. The molecule has 696 valence electrons. The number of aromatic nitrogens is 1. The Morgan fingerprint density at radius 2 is 0.576 bits per heavy atom. The first-order chi connectivity index (χ1) is 64.5. The fraction of sp³-hybridized carbons (Fsp3) is 0.315. The van der Waals surface area contributed by atoms with Gasteiger partial charge in [-0.05, 0) is 192 Å². The molecule has 1 atom stereocenters. The Balaban J connectivity index is 0.000000205. The van der Waals surface area contributed by atoms with Crippen molar-refractivity contribution in [1.82, 2.24) is 4.98 Å². The van der Waals surface area contributed by atoms with Gasteiger partial charge in [0.05, 0.1) is 46.2 Å². The molecule has 0 aliphatic carbocycles. The number of halogens is 5. The second kappa shape index (κ2) is 60.4. The van der Waals surface area contributed by atoms with Gasteiger partial charge in [-0.3, -0.25) is 29.0 Å². The minimum absolute atomic E-state index is 0.142. The number of para-hydroxylation sites is 16. The minimum atomic E-state index is -1.10. The van der Waals surface area contributed by atoms with Crippen molar-refractivity contribution >= 4 is 68.9 Å². The SMILES string of the molecule is CC(C)=CCC[C@H](C)CCN(C(=O)CF)c1ccccc1Oc1ccccc1.CCCCCCCCCCCCCN(C(=O)CF)c1ccccc1Oc1ccccc1.CCCCCCN(C(=O)CF)c1ccccc1Oc1ccccc1.CCN(C(=O)CF)c1ccccc1Oc1ccccc1.O=C(CF)N(Cc1ccc2ccccc2n1)c1ccccc1Oc1ccccc1. The lowest BCUT2D eigenvalue weighted by molar-refractivity contribution is -0.120. The van der Waals surface area contributed by atoms with Crippen LogP contribution in [0.1, 0.15) is 163 Å². The number of unbranched alkanes of at least 4 members (excludes halogenated alkanes) is 13. The number of amides is 5. The molecule has 0 bridgehead atoms. The van der Waals surface area contributed by atoms with E-state index >= 15 is 0 Å². The van der Waals surface area contributed by atoms with Crippen LogP contribution in [0.5, 0.6) is 57.5 Å². The number of alkyl halides is 5. The van der Waals surface area contributed by atoms with Crippen LogP contribution in [0.15, 0.2) is 321 Å². The molecule has 12 rings (SSSR count). The maximum Gasteiger partial charge on any atom is 0.258 e. The Bertz CT molecular complexity index is 5350. The number of carbonyl (C=O) groups is 5. The van der Waals surface area contributed by atoms with Crippen LogP contribution >= 0.6 is 0 Å². The largest absolute Gasteiger partial charge is 0.455 e. The van der Waals surface area contributed by atoms with Gasteiger partial charge in [-0.15, -0.1) is 0 Å². The molecule has 0 saturated carbocycles. The molecule has 21 heteroatoms. The summed E-state index contributed by atoms with van der Waals surface area (Å²) in [6.45, 7) is 9.38. The summed E-state index contributed by atoms with van der Waals surface area (Å²) >= 11 is 0. The monoisotopic (exact) mass is 1800 g/mol. The third-order valence-electron chi connectivity index (χ3n) is 21.3. The molecule has 0 aliphatic rings. The number of nitrogens with zero attached hydrogens (tertiary/aromatic N) is 6. The number of benzene rings is 11. The van der Waals surface area contributed by atoms with E-state index in [0.717, 1.165) is 75.1 Å². The van der Waals surface area contributed by atoms with Gasteiger partial charge in [-0.25, -0.2) is 22.0 Å². The Kier molecular flexibility index (Phi) is 47.6. The molecule has 0 N–H and O–H groups in total. The highest BCUT2D eigenvalue weighted by atomic mass is 19.1. The summed E-state index contributed by atoms with van der Waals surface area (Å²) in [6.07, 6.45) is 22.8. The summed E-state index contributed by atoms with van der Waals surface area (Å²) < 4.78 is 95.1. The van der Waals surface area contributed by atoms with Gasteiger partial charge in [0.25, 0.3) is 29.5 Å². The maximum absolute atomic E-state index is 13.4. The molecule has 0 spiro atoms. The van der Waals surface area contributed by atoms with Crippen molar-refractivity contribution in [2.45, 2.75) is 164 Å². The molecule has 0 fully saturated rings. The fourth-order valence-corrected chi connectivity index (χ4v) is 14.3. The Morgan fingerprint density at radius 1 is 0.303 bits per heavy atom. The van der Waals surface area contributed by atoms with Crippen LogP contribution in [-0.2, 0) is 30.5 Å². The van der Waals surface area contributed by atoms with Gasteiger partial charge in [0.2, 0.25) is 0 Å². The Labute approximate surface area is 777 Å². The Hall–Kier alpha value is -13.4. The number of pyridine rings is 1. The van der Waals surface area contributed by atoms with Gasteiger partial charge in [-0.1, -0.05) is 292 Å². The summed E-state index contributed by atoms with van der Waals surface area (Å²) in [7, 11) is 0. The second-order valence-corrected chi connectivity index (χ2v) is 31.7. The Morgan fingerprint density at radius 3 is 0.909 bits per heavy atom. The highest BCUT2D eigenvalue weighted by Crippen LogP contribution is 2.39. The van der Waals surface area contributed by atoms with E-state index in [1.807, 2.05) is 249 Å². The lowest BCUT2D eigenvalue weighted by atomic mass is 10.0. The first-order valence-electron chi connectivity index (χ1n) is 45.9. The first kappa shape index (κ1) is 104. The van der Waals surface area contributed by atoms with Crippen LogP contribution in [0.3, 0.4) is 0 Å². The second-order valence-electron chi connectivity index (χ2n) is 31.7. The zero-order chi connectivity index (χ0) is 94.1. The van der Waals surface area contributed by atoms with Gasteiger partial charge in [0.1, 0.15) is 28.7 Å². The minimum Gasteiger partial charge on any atom is -0.455 e. The predicted molar refractivity (Wildman–Crippen MR) is 526 cm³/mol. The van der Waals surface area contributed by atoms with Crippen molar-refractivity contribution in [1.29, 1.82) is 0 Å². The quantitative estimate of drug-likeness (QED) is 0.0203. The molecule has 1 aromatic heterocycles. The van der Waals surface area contributed by atoms with Gasteiger partial charge in [0.15, 0.2) is 62.1 Å². The third-order valence-corrected chi connectivity index (χ3v) is 21.3. The third kappa shape index (κ3) is 36.1. The molecule has 0 unspecified atom stereocenters. The van der Waals surface area contributed by atoms with E-state index in [0.29, 0.717) is 124 Å². The van der Waals surface area contributed by atoms with Gasteiger partial charge < -0.3 is 48.2 Å². The van der Waals surface area contributed by atoms with E-state index in [4.69, 9.17) is 23.7 Å². The van der Waals surface area contributed by atoms with E-state index in [2.05, 4.69) is 45.7 Å².